The molecular weight excluding hydrogens is 528 g/mol. The van der Waals surface area contributed by atoms with Gasteiger partial charge in [0.1, 0.15) is 5.69 Å². The van der Waals surface area contributed by atoms with Crippen LogP contribution in [0, 0.1) is 6.92 Å². The lowest BCUT2D eigenvalue weighted by atomic mass is 9.94. The summed E-state index contributed by atoms with van der Waals surface area (Å²) in [7, 11) is 1.59. The molecule has 2 aliphatic rings. The molecule has 0 unspecified atom stereocenters. The lowest BCUT2D eigenvalue weighted by Gasteiger charge is -2.28. The van der Waals surface area contributed by atoms with Crippen molar-refractivity contribution in [2.24, 2.45) is 0 Å². The molecule has 1 aliphatic carbocycles. The van der Waals surface area contributed by atoms with Gasteiger partial charge in [-0.05, 0) is 43.5 Å². The number of aromatic nitrogens is 4. The van der Waals surface area contributed by atoms with E-state index in [1.165, 1.54) is 6.42 Å². The predicted octanol–water partition coefficient (Wildman–Crippen LogP) is 4.69. The third-order valence-corrected chi connectivity index (χ3v) is 8.36. The van der Waals surface area contributed by atoms with Crippen molar-refractivity contribution in [3.8, 4) is 28.4 Å². The van der Waals surface area contributed by atoms with E-state index in [9.17, 15) is 9.59 Å². The number of hydrogen-bond acceptors (Lipinski definition) is 6. The molecule has 9 heteroatoms. The lowest BCUT2D eigenvalue weighted by Crippen LogP contribution is -2.47. The van der Waals surface area contributed by atoms with Gasteiger partial charge in [-0.25, -0.2) is 9.78 Å². The van der Waals surface area contributed by atoms with E-state index in [2.05, 4.69) is 10.3 Å². The van der Waals surface area contributed by atoms with Crippen LogP contribution >= 0.6 is 0 Å². The summed E-state index contributed by atoms with van der Waals surface area (Å²) < 4.78 is 8.87. The molecule has 9 nitrogen and oxygen atoms in total. The molecule has 1 saturated heterocycles. The molecule has 1 aliphatic heterocycles. The molecule has 0 atom stereocenters. The van der Waals surface area contributed by atoms with E-state index in [-0.39, 0.29) is 24.2 Å². The molecule has 1 saturated carbocycles. The van der Waals surface area contributed by atoms with Crippen LogP contribution in [0.5, 0.6) is 5.88 Å². The normalized spacial score (nSPS) is 16.0. The highest BCUT2D eigenvalue weighted by molar-refractivity contribution is 5.99. The lowest BCUT2D eigenvalue weighted by molar-refractivity contribution is 0.0725. The molecule has 1 amide bonds. The van der Waals surface area contributed by atoms with Gasteiger partial charge in [0.15, 0.2) is 0 Å². The van der Waals surface area contributed by atoms with Gasteiger partial charge in [0.05, 0.1) is 25.0 Å². The zero-order chi connectivity index (χ0) is 29.1. The molecule has 218 valence electrons. The van der Waals surface area contributed by atoms with Gasteiger partial charge >= 0.3 is 5.69 Å². The first-order valence-corrected chi connectivity index (χ1v) is 14.9. The van der Waals surface area contributed by atoms with E-state index in [4.69, 9.17) is 9.72 Å². The Bertz CT molecular complexity index is 1600. The van der Waals surface area contributed by atoms with Crippen LogP contribution in [-0.4, -0.2) is 63.2 Å². The molecule has 2 fully saturated rings. The van der Waals surface area contributed by atoms with Crippen molar-refractivity contribution in [2.75, 3.05) is 33.3 Å². The molecule has 6 rings (SSSR count). The van der Waals surface area contributed by atoms with Crippen molar-refractivity contribution in [3.63, 3.8) is 0 Å². The zero-order valence-electron chi connectivity index (χ0n) is 24.4. The monoisotopic (exact) mass is 566 g/mol. The molecule has 4 aromatic rings. The fraction of sp³-hybridized carbons (Fsp3) is 0.394. The summed E-state index contributed by atoms with van der Waals surface area (Å²) in [5.41, 5.74) is 5.34. The van der Waals surface area contributed by atoms with Crippen molar-refractivity contribution in [2.45, 2.75) is 51.6 Å². The van der Waals surface area contributed by atoms with Crippen LogP contribution in [0.2, 0.25) is 0 Å². The van der Waals surface area contributed by atoms with Crippen LogP contribution in [0.4, 0.5) is 0 Å². The predicted molar refractivity (Wildman–Crippen MR) is 163 cm³/mol. The Hall–Kier alpha value is -4.24. The summed E-state index contributed by atoms with van der Waals surface area (Å²) in [6, 6.07) is 17.7. The van der Waals surface area contributed by atoms with Crippen molar-refractivity contribution in [1.82, 2.24) is 29.3 Å². The van der Waals surface area contributed by atoms with Crippen LogP contribution in [-0.2, 0) is 6.54 Å². The number of piperazine rings is 1. The number of methoxy groups -OCH3 is 1. The fourth-order valence-corrected chi connectivity index (χ4v) is 6.31. The number of benzene rings is 1. The Kier molecular flexibility index (Phi) is 8.19. The summed E-state index contributed by atoms with van der Waals surface area (Å²) >= 11 is 0. The molecular formula is C33H38N6O3. The van der Waals surface area contributed by atoms with Crippen LogP contribution in [0.25, 0.3) is 22.5 Å². The number of pyridine rings is 2. The first-order valence-electron chi connectivity index (χ1n) is 14.9. The molecule has 0 bridgehead atoms. The number of aryl methyl sites for hydroxylation is 1. The van der Waals surface area contributed by atoms with E-state index < -0.39 is 0 Å². The molecule has 3 aromatic heterocycles. The third-order valence-electron chi connectivity index (χ3n) is 8.36. The highest BCUT2D eigenvalue weighted by Crippen LogP contribution is 2.34. The van der Waals surface area contributed by atoms with Gasteiger partial charge in [0, 0.05) is 61.3 Å². The summed E-state index contributed by atoms with van der Waals surface area (Å²) in [6.07, 6.45) is 6.96. The van der Waals surface area contributed by atoms with E-state index in [1.807, 2.05) is 71.0 Å². The van der Waals surface area contributed by atoms with E-state index in [0.29, 0.717) is 24.7 Å². The molecule has 1 N–H and O–H groups in total. The second-order valence-electron chi connectivity index (χ2n) is 11.2. The number of imidazole rings is 1. The first-order chi connectivity index (χ1) is 20.5. The maximum absolute atomic E-state index is 14.5. The van der Waals surface area contributed by atoms with Gasteiger partial charge < -0.3 is 15.0 Å². The molecule has 42 heavy (non-hydrogen) atoms. The fourth-order valence-electron chi connectivity index (χ4n) is 6.31. The summed E-state index contributed by atoms with van der Waals surface area (Å²) in [5.74, 6) is 0.444. The topological polar surface area (TPSA) is 94.3 Å². The molecule has 0 spiro atoms. The Morgan fingerprint density at radius 2 is 1.76 bits per heavy atom. The number of carbonyl (C=O) groups excluding carboxylic acids is 1. The van der Waals surface area contributed by atoms with Gasteiger partial charge in [0.2, 0.25) is 5.88 Å². The van der Waals surface area contributed by atoms with Gasteiger partial charge in [-0.3, -0.25) is 18.9 Å². The smallest absolute Gasteiger partial charge is 0.329 e. The number of hydrogen-bond donors (Lipinski definition) is 1. The Morgan fingerprint density at radius 3 is 2.45 bits per heavy atom. The van der Waals surface area contributed by atoms with Gasteiger partial charge in [-0.1, -0.05) is 49.6 Å². The number of rotatable bonds is 7. The second kappa shape index (κ2) is 12.3. The Morgan fingerprint density at radius 1 is 1.00 bits per heavy atom. The Labute approximate surface area is 246 Å². The van der Waals surface area contributed by atoms with Crippen LogP contribution in [0.1, 0.15) is 59.9 Å². The Balaban J connectivity index is 1.51. The summed E-state index contributed by atoms with van der Waals surface area (Å²) in [5, 5.41) is 3.34. The van der Waals surface area contributed by atoms with Crippen molar-refractivity contribution in [3.05, 3.63) is 88.2 Å². The van der Waals surface area contributed by atoms with Crippen molar-refractivity contribution >= 4 is 5.91 Å². The van der Waals surface area contributed by atoms with Crippen LogP contribution in [0.3, 0.4) is 0 Å². The minimum Gasteiger partial charge on any atom is -0.481 e. The number of nitrogens with zero attached hydrogens (tertiary/aromatic N) is 5. The molecule has 1 aromatic carbocycles. The standard InChI is InChI=1S/C33H38N6O3/c1-23-19-24(20-28(36-23)26-13-14-29(42-2)35-21-26)22-38-31(32(40)37-17-15-34-16-18-37)30(25-9-5-3-6-10-25)39(33(38)41)27-11-7-4-8-12-27/h3,5-6,9-10,13-14,19-21,27,34H,4,7-8,11-12,15-18,22H2,1-2H3. The average molecular weight is 567 g/mol. The largest absolute Gasteiger partial charge is 0.481 e. The second-order valence-corrected chi connectivity index (χ2v) is 11.2. The minimum absolute atomic E-state index is 0.0670. The molecule has 4 heterocycles. The quantitative estimate of drug-likeness (QED) is 0.349. The van der Waals surface area contributed by atoms with Gasteiger partial charge in [-0.15, -0.1) is 0 Å². The minimum atomic E-state index is -0.124. The number of carbonyl (C=O) groups is 1. The maximum atomic E-state index is 14.5. The molecule has 0 radical (unpaired) electrons. The van der Waals surface area contributed by atoms with Gasteiger partial charge in [-0.2, -0.15) is 0 Å². The zero-order valence-corrected chi connectivity index (χ0v) is 24.4. The maximum Gasteiger partial charge on any atom is 0.329 e. The highest BCUT2D eigenvalue weighted by Gasteiger charge is 2.33. The van der Waals surface area contributed by atoms with Gasteiger partial charge in [0.25, 0.3) is 5.91 Å². The van der Waals surface area contributed by atoms with E-state index >= 15 is 0 Å². The number of nitrogens with one attached hydrogen (secondary N) is 1. The SMILES string of the molecule is COc1ccc(-c2cc(Cn3c(C(=O)N4CCNCC4)c(-c4ccccc4)n(C4CCCCC4)c3=O)cc(C)n2)cn1. The first kappa shape index (κ1) is 27.9. The van der Waals surface area contributed by atoms with Crippen molar-refractivity contribution in [1.29, 1.82) is 0 Å². The summed E-state index contributed by atoms with van der Waals surface area (Å²) in [4.78, 5) is 39.8. The van der Waals surface area contributed by atoms with E-state index in [1.54, 1.807) is 17.9 Å². The van der Waals surface area contributed by atoms with Crippen molar-refractivity contribution < 1.29 is 9.53 Å². The third kappa shape index (κ3) is 5.61. The average Bonchev–Trinajstić information content (AvgIpc) is 3.33. The summed E-state index contributed by atoms with van der Waals surface area (Å²) in [6.45, 7) is 4.91. The van der Waals surface area contributed by atoms with Crippen LogP contribution < -0.4 is 15.7 Å². The number of amides is 1. The van der Waals surface area contributed by atoms with E-state index in [0.717, 1.165) is 72.5 Å². The highest BCUT2D eigenvalue weighted by atomic mass is 16.5. The van der Waals surface area contributed by atoms with Crippen LogP contribution in [0.15, 0.2) is 65.6 Å². The number of ether oxygens (including phenoxy) is 1.